The van der Waals surface area contributed by atoms with Gasteiger partial charge in [-0.15, -0.1) is 23.4 Å². The molecule has 158 valence electrons. The first-order valence-electron chi connectivity index (χ1n) is 9.99. The van der Waals surface area contributed by atoms with Crippen molar-refractivity contribution >= 4 is 22.9 Å². The van der Waals surface area contributed by atoms with E-state index in [-0.39, 0.29) is 17.6 Å². The maximum atomic E-state index is 12.7. The first-order chi connectivity index (χ1) is 14.4. The van der Waals surface area contributed by atoms with Gasteiger partial charge in [0.15, 0.2) is 5.65 Å². The van der Waals surface area contributed by atoms with Gasteiger partial charge in [0, 0.05) is 19.2 Å². The molecule has 2 aliphatic rings. The first-order valence-corrected chi connectivity index (χ1v) is 10.4. The Hall–Kier alpha value is -2.48. The van der Waals surface area contributed by atoms with Crippen LogP contribution < -0.4 is 10.1 Å². The molecule has 5 rings (SSSR count). The fourth-order valence-electron chi connectivity index (χ4n) is 3.93. The molecule has 2 fully saturated rings. The zero-order chi connectivity index (χ0) is 20.9. The molecule has 0 saturated heterocycles. The van der Waals surface area contributed by atoms with Crippen molar-refractivity contribution in [2.45, 2.75) is 38.0 Å². The van der Waals surface area contributed by atoms with Crippen LogP contribution in [0.4, 0.5) is 18.9 Å². The molecule has 0 amide bonds. The summed E-state index contributed by atoms with van der Waals surface area (Å²) in [4.78, 5) is 0. The van der Waals surface area contributed by atoms with Crippen molar-refractivity contribution < 1.29 is 17.9 Å². The average Bonchev–Trinajstić information content (AvgIpc) is 3.60. The molecule has 30 heavy (non-hydrogen) atoms. The zero-order valence-corrected chi connectivity index (χ0v) is 16.7. The van der Waals surface area contributed by atoms with Gasteiger partial charge in [-0.05, 0) is 54.7 Å². The number of fused-ring (bicyclic) bond motifs is 1. The van der Waals surface area contributed by atoms with E-state index in [1.165, 1.54) is 18.9 Å². The largest absolute Gasteiger partial charge is 0.573 e. The van der Waals surface area contributed by atoms with E-state index in [1.54, 1.807) is 18.2 Å². The zero-order valence-electron chi connectivity index (χ0n) is 16.0. The molecule has 2 aromatic heterocycles. The van der Waals surface area contributed by atoms with Crippen LogP contribution in [0.3, 0.4) is 0 Å². The number of hydrogen-bond acceptors (Lipinski definition) is 4. The van der Waals surface area contributed by atoms with Gasteiger partial charge >= 0.3 is 6.36 Å². The van der Waals surface area contributed by atoms with Gasteiger partial charge < -0.3 is 10.1 Å². The smallest absolute Gasteiger partial charge is 0.405 e. The van der Waals surface area contributed by atoms with Crippen LogP contribution in [0, 0.1) is 11.8 Å². The molecule has 5 nitrogen and oxygen atoms in total. The number of benzene rings is 1. The summed E-state index contributed by atoms with van der Waals surface area (Å²) in [5, 5.41) is 12.3. The highest BCUT2D eigenvalue weighted by molar-refractivity contribution is 6.36. The summed E-state index contributed by atoms with van der Waals surface area (Å²) in [5.41, 5.74) is 1.96. The normalized spacial score (nSPS) is 21.1. The second kappa shape index (κ2) is 7.34. The molecule has 2 aliphatic carbocycles. The van der Waals surface area contributed by atoms with Gasteiger partial charge in [0.25, 0.3) is 0 Å². The number of rotatable bonds is 7. The molecular formula is C21H20ClF3N4O. The molecule has 2 heterocycles. The third kappa shape index (κ3) is 4.05. The van der Waals surface area contributed by atoms with Crippen molar-refractivity contribution in [3.05, 3.63) is 52.9 Å². The molecule has 2 atom stereocenters. The average molecular weight is 437 g/mol. The fourth-order valence-corrected chi connectivity index (χ4v) is 4.19. The van der Waals surface area contributed by atoms with E-state index in [2.05, 4.69) is 20.3 Å². The maximum Gasteiger partial charge on any atom is 0.573 e. The quantitative estimate of drug-likeness (QED) is 0.535. The van der Waals surface area contributed by atoms with Crippen LogP contribution in [0.25, 0.3) is 5.65 Å². The lowest BCUT2D eigenvalue weighted by Gasteiger charge is -2.13. The Morgan fingerprint density at radius 3 is 2.73 bits per heavy atom. The molecule has 0 spiro atoms. The molecule has 0 bridgehead atoms. The van der Waals surface area contributed by atoms with Gasteiger partial charge in [-0.2, -0.15) is 0 Å². The monoisotopic (exact) mass is 436 g/mol. The van der Waals surface area contributed by atoms with E-state index in [0.29, 0.717) is 28.7 Å². The van der Waals surface area contributed by atoms with Crippen LogP contribution in [0.1, 0.15) is 36.6 Å². The van der Waals surface area contributed by atoms with Crippen LogP contribution >= 0.6 is 11.6 Å². The van der Waals surface area contributed by atoms with Crippen molar-refractivity contribution in [3.63, 3.8) is 0 Å². The SMILES string of the molecule is FC(F)(F)Oc1ccccc1C1CC1CNc1ccn2c(CC3CC3)nnc2c1Cl. The van der Waals surface area contributed by atoms with Crippen LogP contribution in [0.2, 0.25) is 5.02 Å². The number of aromatic nitrogens is 3. The summed E-state index contributed by atoms with van der Waals surface area (Å²) in [6.45, 7) is 0.601. The third-order valence-corrected chi connectivity index (χ3v) is 6.15. The van der Waals surface area contributed by atoms with E-state index in [9.17, 15) is 13.2 Å². The van der Waals surface area contributed by atoms with Crippen LogP contribution in [0.5, 0.6) is 5.75 Å². The summed E-state index contributed by atoms with van der Waals surface area (Å²) in [5.74, 6) is 1.73. The molecule has 3 aromatic rings. The highest BCUT2D eigenvalue weighted by Crippen LogP contribution is 2.51. The molecule has 2 saturated carbocycles. The van der Waals surface area contributed by atoms with Gasteiger partial charge in [0.2, 0.25) is 0 Å². The number of pyridine rings is 1. The van der Waals surface area contributed by atoms with Crippen molar-refractivity contribution in [2.75, 3.05) is 11.9 Å². The van der Waals surface area contributed by atoms with Crippen LogP contribution in [0.15, 0.2) is 36.5 Å². The minimum atomic E-state index is -4.70. The maximum absolute atomic E-state index is 12.7. The lowest BCUT2D eigenvalue weighted by molar-refractivity contribution is -0.274. The van der Waals surface area contributed by atoms with Crippen molar-refractivity contribution in [1.82, 2.24) is 14.6 Å². The van der Waals surface area contributed by atoms with E-state index < -0.39 is 6.36 Å². The molecule has 2 unspecified atom stereocenters. The molecular weight excluding hydrogens is 417 g/mol. The Morgan fingerprint density at radius 1 is 1.17 bits per heavy atom. The standard InChI is InChI=1S/C21H20ClF3N4O/c22-19-16(7-8-29-18(9-12-5-6-12)27-28-20(19)29)26-11-13-10-15(13)14-3-1-2-4-17(14)30-21(23,24)25/h1-4,7-8,12-13,15,26H,5-6,9-11H2. The summed E-state index contributed by atoms with van der Waals surface area (Å²) in [6.07, 6.45) is 1.40. The van der Waals surface area contributed by atoms with Gasteiger partial charge in [-0.3, -0.25) is 4.40 Å². The Kier molecular flexibility index (Phi) is 4.76. The predicted octanol–water partition coefficient (Wildman–Crippen LogP) is 5.45. The van der Waals surface area contributed by atoms with Crippen molar-refractivity contribution in [2.24, 2.45) is 11.8 Å². The van der Waals surface area contributed by atoms with Gasteiger partial charge in [0.1, 0.15) is 16.6 Å². The fraction of sp³-hybridized carbons (Fsp3) is 0.429. The van der Waals surface area contributed by atoms with Gasteiger partial charge in [0.05, 0.1) is 5.69 Å². The predicted molar refractivity (Wildman–Crippen MR) is 107 cm³/mol. The summed E-state index contributed by atoms with van der Waals surface area (Å²) >= 11 is 6.53. The number of ether oxygens (including phenoxy) is 1. The summed E-state index contributed by atoms with van der Waals surface area (Å²) < 4.78 is 44.1. The summed E-state index contributed by atoms with van der Waals surface area (Å²) in [6, 6.07) is 8.23. The molecule has 1 N–H and O–H groups in total. The number of hydrogen-bond donors (Lipinski definition) is 1. The van der Waals surface area contributed by atoms with Crippen molar-refractivity contribution in [3.8, 4) is 5.75 Å². The van der Waals surface area contributed by atoms with E-state index >= 15 is 0 Å². The Bertz CT molecular complexity index is 1080. The molecule has 9 heteroatoms. The Balaban J connectivity index is 1.26. The molecule has 1 aromatic carbocycles. The highest BCUT2D eigenvalue weighted by Gasteiger charge is 2.41. The second-order valence-corrected chi connectivity index (χ2v) is 8.45. The lowest BCUT2D eigenvalue weighted by Crippen LogP contribution is -2.18. The number of anilines is 1. The Morgan fingerprint density at radius 2 is 1.97 bits per heavy atom. The Labute approximate surface area is 176 Å². The molecule has 0 aliphatic heterocycles. The topological polar surface area (TPSA) is 51.5 Å². The lowest BCUT2D eigenvalue weighted by atomic mass is 10.1. The summed E-state index contributed by atoms with van der Waals surface area (Å²) in [7, 11) is 0. The number of nitrogens with one attached hydrogen (secondary N) is 1. The van der Waals surface area contributed by atoms with Crippen LogP contribution in [-0.4, -0.2) is 27.5 Å². The number of alkyl halides is 3. The number of halogens is 4. The van der Waals surface area contributed by atoms with Gasteiger partial charge in [-0.1, -0.05) is 29.8 Å². The minimum Gasteiger partial charge on any atom is -0.405 e. The minimum absolute atomic E-state index is 0.0248. The van der Waals surface area contributed by atoms with Gasteiger partial charge in [-0.25, -0.2) is 0 Å². The van der Waals surface area contributed by atoms with Crippen LogP contribution in [-0.2, 0) is 6.42 Å². The van der Waals surface area contributed by atoms with E-state index in [0.717, 1.165) is 24.4 Å². The number of nitrogens with zero attached hydrogens (tertiary/aromatic N) is 3. The highest BCUT2D eigenvalue weighted by atomic mass is 35.5. The first kappa shape index (κ1) is 19.5. The third-order valence-electron chi connectivity index (χ3n) is 5.78. The van der Waals surface area contributed by atoms with E-state index in [1.807, 2.05) is 16.7 Å². The molecule has 0 radical (unpaired) electrons. The van der Waals surface area contributed by atoms with Crippen molar-refractivity contribution in [1.29, 1.82) is 0 Å². The van der Waals surface area contributed by atoms with E-state index in [4.69, 9.17) is 11.6 Å². The number of para-hydroxylation sites is 1. The second-order valence-electron chi connectivity index (χ2n) is 8.07.